The summed E-state index contributed by atoms with van der Waals surface area (Å²) in [6, 6.07) is 6.28. The van der Waals surface area contributed by atoms with E-state index in [2.05, 4.69) is 84.5 Å². The number of aryl methyl sites for hydroxylation is 3. The molecule has 0 aliphatic carbocycles. The SMILES string of the molecule is CCCCCCc1ccc(NC(=O)NCCCCCCNCc2c(O)cc3c(c2C)-c2cc(ccc2O)[C@H]2NC(=O)[C@@H]4NC(=O)[C@H](CC(N)=O)NC(=O)[C@H](NC(=O)[C@@H](CC(C)C)NC)[C@H](O)c5ccc(c(C)c5)Oc5cc4cc(c5O[C@@H]4O[C@H](CO)[C@@H](O)[C@H](O)[C@H]4O[C@H]4C[C@]5(C)NC(=O)O[C@@H]5[C@H](C)O4)Oc4ccc(cc4Cl)[C@@H](O)[C@H](NC2=O)C(=O)N[C@@H]3C(=O)O)cc1CCCCCC. The van der Waals surface area contributed by atoms with Crippen molar-refractivity contribution in [2.24, 2.45) is 11.7 Å². The molecule has 10 amide bonds. The molecule has 8 aliphatic rings. The van der Waals surface area contributed by atoms with Crippen molar-refractivity contribution in [2.75, 3.05) is 32.1 Å². The highest BCUT2D eigenvalue weighted by Gasteiger charge is 2.56. The third-order valence-electron chi connectivity index (χ3n) is 25.1. The predicted octanol–water partition coefficient (Wildman–Crippen LogP) is 7.87. The minimum Gasteiger partial charge on any atom is -0.508 e. The number of aliphatic hydroxyl groups excluding tert-OH is 5. The Balaban J connectivity index is 0.931. The van der Waals surface area contributed by atoms with Gasteiger partial charge in [-0.1, -0.05) is 115 Å². The number of phenolic OH excluding ortho intramolecular Hbond substituents is 2. The van der Waals surface area contributed by atoms with Crippen LogP contribution in [0.2, 0.25) is 5.02 Å². The molecule has 18 atom stereocenters. The molecule has 720 valence electrons. The van der Waals surface area contributed by atoms with Gasteiger partial charge >= 0.3 is 18.1 Å². The molecule has 3 saturated heterocycles. The van der Waals surface area contributed by atoms with E-state index in [1.165, 1.54) is 93.7 Å². The van der Waals surface area contributed by atoms with E-state index in [1.54, 1.807) is 13.8 Å². The Bertz CT molecular complexity index is 5260. The monoisotopic (exact) mass is 1870 g/mol. The number of unbranched alkanes of at least 4 members (excludes halogenated alkanes) is 9. The van der Waals surface area contributed by atoms with E-state index in [-0.39, 0.29) is 92.9 Å². The van der Waals surface area contributed by atoms with E-state index in [0.29, 0.717) is 25.9 Å². The normalized spacial score (nSPS) is 25.4. The Morgan fingerprint density at radius 3 is 1.98 bits per heavy atom. The molecule has 0 spiro atoms. The number of nitrogens with one attached hydrogen (secondary N) is 11. The molecule has 6 aromatic rings. The molecule has 0 radical (unpaired) electrons. The van der Waals surface area contributed by atoms with Gasteiger partial charge in [0.15, 0.2) is 36.0 Å². The highest BCUT2D eigenvalue weighted by atomic mass is 35.5. The molecule has 8 aliphatic heterocycles. The fourth-order valence-corrected chi connectivity index (χ4v) is 18.1. The Labute approximate surface area is 775 Å². The first-order valence-corrected chi connectivity index (χ1v) is 45.8. The minimum absolute atomic E-state index is 0.0274. The molecule has 0 unspecified atom stereocenters. The third kappa shape index (κ3) is 24.2. The summed E-state index contributed by atoms with van der Waals surface area (Å²) >= 11 is 7.23. The van der Waals surface area contributed by atoms with Gasteiger partial charge in [-0.05, 0) is 215 Å². The number of ether oxygens (including phenoxy) is 7. The number of carboxylic acid groups (broad SMARTS) is 1. The topological polar surface area (TPSA) is 556 Å². The van der Waals surface area contributed by atoms with Gasteiger partial charge in [0.1, 0.15) is 83.7 Å². The molecular weight excluding hydrogens is 1740 g/mol. The van der Waals surface area contributed by atoms with Crippen LogP contribution in [0.15, 0.2) is 91.0 Å². The van der Waals surface area contributed by atoms with Crippen LogP contribution in [-0.4, -0.2) is 206 Å². The molecule has 11 bridgehead atoms. The maximum Gasteiger partial charge on any atom is 0.408 e. The molecule has 14 rings (SSSR count). The van der Waals surface area contributed by atoms with Gasteiger partial charge in [0.25, 0.3) is 0 Å². The summed E-state index contributed by atoms with van der Waals surface area (Å²) in [6.45, 7) is 14.2. The van der Waals surface area contributed by atoms with Crippen LogP contribution in [0.5, 0.6) is 40.2 Å². The number of carbonyl (C=O) groups excluding carboxylic acids is 9. The van der Waals surface area contributed by atoms with Crippen molar-refractivity contribution in [1.82, 2.24) is 53.2 Å². The molecule has 37 nitrogen and oxygen atoms in total. The summed E-state index contributed by atoms with van der Waals surface area (Å²) < 4.78 is 45.0. The average molecular weight is 1870 g/mol. The fraction of sp³-hybridized carbons (Fsp3) is 0.516. The fourth-order valence-electron chi connectivity index (χ4n) is 17.9. The number of carbonyl (C=O) groups is 10. The number of aromatic hydroxyl groups is 2. The second-order valence-electron chi connectivity index (χ2n) is 35.6. The van der Waals surface area contributed by atoms with Crippen molar-refractivity contribution in [2.45, 2.75) is 280 Å². The van der Waals surface area contributed by atoms with Gasteiger partial charge < -0.3 is 138 Å². The average Bonchev–Trinajstić information content (AvgIpc) is 1.42. The van der Waals surface area contributed by atoms with Gasteiger partial charge in [0.2, 0.25) is 53.4 Å². The zero-order chi connectivity index (χ0) is 96.0. The van der Waals surface area contributed by atoms with E-state index in [4.69, 9.17) is 50.5 Å². The third-order valence-corrected chi connectivity index (χ3v) is 25.4. The van der Waals surface area contributed by atoms with E-state index in [1.807, 2.05) is 19.9 Å². The number of likely N-dealkylation sites (N-methyl/N-ethyl adjacent to an activating group) is 1. The number of fused-ring (bicyclic) bond motifs is 16. The summed E-state index contributed by atoms with van der Waals surface area (Å²) in [6.07, 6.45) is -4.59. The summed E-state index contributed by atoms with van der Waals surface area (Å²) in [5.74, 6) is -13.7. The van der Waals surface area contributed by atoms with Gasteiger partial charge in [-0.2, -0.15) is 0 Å². The number of hydrogen-bond acceptors (Lipinski definition) is 26. The molecule has 133 heavy (non-hydrogen) atoms. The Kier molecular flexibility index (Phi) is 34.0. The number of aliphatic carboxylic acids is 1. The quantitative estimate of drug-likeness (QED) is 0.0174. The second kappa shape index (κ2) is 45.0. The van der Waals surface area contributed by atoms with E-state index in [9.17, 15) is 64.8 Å². The number of benzene rings is 6. The number of amides is 10. The van der Waals surface area contributed by atoms with Crippen molar-refractivity contribution < 1.29 is 122 Å². The van der Waals surface area contributed by atoms with Crippen molar-refractivity contribution >= 4 is 76.7 Å². The van der Waals surface area contributed by atoms with Crippen molar-refractivity contribution in [3.05, 3.63) is 152 Å². The lowest BCUT2D eigenvalue weighted by Gasteiger charge is -2.46. The summed E-state index contributed by atoms with van der Waals surface area (Å²) in [4.78, 5) is 146. The molecule has 6 aromatic carbocycles. The van der Waals surface area contributed by atoms with Crippen LogP contribution in [0.25, 0.3) is 11.1 Å². The molecule has 0 aromatic heterocycles. The lowest BCUT2D eigenvalue weighted by atomic mass is 9.85. The molecule has 3 fully saturated rings. The predicted molar refractivity (Wildman–Crippen MR) is 485 cm³/mol. The minimum atomic E-state index is -2.32. The van der Waals surface area contributed by atoms with Crippen LogP contribution in [0, 0.1) is 19.8 Å². The van der Waals surface area contributed by atoms with E-state index < -0.39 is 215 Å². The van der Waals surface area contributed by atoms with Gasteiger partial charge in [-0.15, -0.1) is 0 Å². The number of carboxylic acids is 1. The number of phenols is 2. The lowest BCUT2D eigenvalue weighted by molar-refractivity contribution is -0.332. The van der Waals surface area contributed by atoms with Crippen LogP contribution in [0.4, 0.5) is 15.3 Å². The first-order valence-electron chi connectivity index (χ1n) is 45.5. The van der Waals surface area contributed by atoms with Crippen LogP contribution in [-0.2, 0) is 76.7 Å². The maximum absolute atomic E-state index is 16.5. The van der Waals surface area contributed by atoms with Crippen LogP contribution < -0.4 is 78.4 Å². The van der Waals surface area contributed by atoms with Gasteiger partial charge in [0.05, 0.1) is 35.7 Å². The number of hydrogen-bond donors (Lipinski definition) is 20. The van der Waals surface area contributed by atoms with Crippen LogP contribution in [0.3, 0.4) is 0 Å². The zero-order valence-corrected chi connectivity index (χ0v) is 76.6. The second-order valence-corrected chi connectivity index (χ2v) is 36.0. The van der Waals surface area contributed by atoms with E-state index >= 15 is 24.0 Å². The van der Waals surface area contributed by atoms with Crippen LogP contribution >= 0.6 is 11.6 Å². The van der Waals surface area contributed by atoms with Crippen molar-refractivity contribution in [1.29, 1.82) is 0 Å². The summed E-state index contributed by atoms with van der Waals surface area (Å²) in [5.41, 5.74) is 6.99. The molecular formula is C95H123ClN12O25. The largest absolute Gasteiger partial charge is 0.508 e. The number of nitrogens with two attached hydrogens (primary N) is 1. The first-order chi connectivity index (χ1) is 63.5. The number of alkyl carbamates (subject to hydrolysis) is 1. The zero-order valence-electron chi connectivity index (χ0n) is 75.9. The van der Waals surface area contributed by atoms with Gasteiger partial charge in [-0.25, -0.2) is 14.4 Å². The molecule has 21 N–H and O–H groups in total. The number of primary amides is 1. The first kappa shape index (κ1) is 100. The number of rotatable bonds is 33. The number of anilines is 1. The number of aliphatic hydroxyl groups is 5. The van der Waals surface area contributed by atoms with Gasteiger partial charge in [0, 0.05) is 36.3 Å². The number of urea groups is 1. The van der Waals surface area contributed by atoms with E-state index in [0.717, 1.165) is 93.8 Å². The van der Waals surface area contributed by atoms with Crippen LogP contribution in [0.1, 0.15) is 224 Å². The molecule has 0 saturated carbocycles. The van der Waals surface area contributed by atoms with Crippen molar-refractivity contribution in [3.63, 3.8) is 0 Å². The summed E-state index contributed by atoms with van der Waals surface area (Å²) in [5, 5.41) is 125. The molecule has 8 heterocycles. The van der Waals surface area contributed by atoms with Gasteiger partial charge in [-0.3, -0.25) is 33.6 Å². The highest BCUT2D eigenvalue weighted by Crippen LogP contribution is 2.50. The number of halogens is 1. The lowest BCUT2D eigenvalue weighted by Crippen LogP contribution is -2.63. The summed E-state index contributed by atoms with van der Waals surface area (Å²) in [7, 11) is 1.50. The maximum atomic E-state index is 16.5. The standard InChI is InChI=1S/C95H123ClN12O25/c1-10-12-14-18-22-50-24-28-56(36-51(50)23-19-15-13-11-2)101-93(125)100-33-21-17-16-20-32-99-44-59-48(6)72-57-37-52(25-29-63(57)110)73-87(119)107-77(90(122)105-75(91(123)124)58(72)41-64(59)111)79(114)54-27-31-66(60(96)38-54)129-68-40-55-39-67(82(68)132-92-83(81(116)80(115)69(45-109)130-92)131-71-43-95(8)84(49(7)127-71)133-94(126)108-95)128-65-30-26-53(35-47(65)5)78(113)76(106-85(117)61(98-9)34-46(3)4)89(121)102-62(42-70(97)112)86(118)103-74(55)88(120)104-73/h24-31,35-41,46,49,61-62,69,71,73-81,83-84,92,98-99,109-111,113-116H,10-23,32-34,42-45H2,1-9H3,(H2,97,112)(H,102,121)(H,103,118)(H,104,120)(H,105,122)(H,106,117)(H,107,119)(H,108,126)(H,123,124)(H2,100,101,125)/t49-,61+,62-,69+,71-,73+,74+,75-,76+,77-,78+,79+,80+,81-,83+,84+,92-,95-/m0/s1. The van der Waals surface area contributed by atoms with Crippen molar-refractivity contribution in [3.8, 4) is 51.4 Å². The Morgan fingerprint density at radius 1 is 0.669 bits per heavy atom. The Morgan fingerprint density at radius 2 is 1.32 bits per heavy atom. The smallest absolute Gasteiger partial charge is 0.408 e. The Hall–Kier alpha value is -11.5. The highest BCUT2D eigenvalue weighted by molar-refractivity contribution is 6.32. The molecule has 38 heteroatoms.